The highest BCUT2D eigenvalue weighted by Gasteiger charge is 2.21. The Morgan fingerprint density at radius 3 is 2.44 bits per heavy atom. The van der Waals surface area contributed by atoms with Crippen LogP contribution in [0, 0.1) is 0 Å². The van der Waals surface area contributed by atoms with Gasteiger partial charge in [-0.2, -0.15) is 0 Å². The van der Waals surface area contributed by atoms with Crippen molar-refractivity contribution in [1.82, 2.24) is 9.47 Å². The monoisotopic (exact) mass is 482 g/mol. The van der Waals surface area contributed by atoms with Gasteiger partial charge in [0, 0.05) is 50.0 Å². The molecule has 2 heterocycles. The SMILES string of the molecule is COc1cc(-n2cccc2)c(Cl)cc1C(=O)N(C)CC(=O)Nc1ccc(N2CCOCC2)cc1. The molecule has 0 bridgehead atoms. The van der Waals surface area contributed by atoms with Crippen LogP contribution in [-0.4, -0.2) is 68.3 Å². The Bertz CT molecular complexity index is 1140. The Labute approximate surface area is 203 Å². The lowest BCUT2D eigenvalue weighted by Gasteiger charge is -2.28. The van der Waals surface area contributed by atoms with Gasteiger partial charge in [-0.1, -0.05) is 11.6 Å². The number of ether oxygens (including phenoxy) is 2. The zero-order valence-electron chi connectivity index (χ0n) is 19.2. The molecule has 1 aliphatic rings. The number of hydrogen-bond donors (Lipinski definition) is 1. The first-order chi connectivity index (χ1) is 16.5. The van der Waals surface area contributed by atoms with Gasteiger partial charge in [-0.3, -0.25) is 9.59 Å². The smallest absolute Gasteiger partial charge is 0.257 e. The lowest BCUT2D eigenvalue weighted by atomic mass is 10.1. The topological polar surface area (TPSA) is 76.0 Å². The van der Waals surface area contributed by atoms with Gasteiger partial charge in [0.2, 0.25) is 5.91 Å². The van der Waals surface area contributed by atoms with Crippen LogP contribution >= 0.6 is 11.6 Å². The molecule has 34 heavy (non-hydrogen) atoms. The van der Waals surface area contributed by atoms with Crippen molar-refractivity contribution < 1.29 is 19.1 Å². The Hall–Kier alpha value is -3.49. The maximum Gasteiger partial charge on any atom is 0.257 e. The van der Waals surface area contributed by atoms with Crippen LogP contribution in [0.2, 0.25) is 5.02 Å². The molecular formula is C25H27ClN4O4. The molecule has 3 aromatic rings. The molecule has 1 saturated heterocycles. The van der Waals surface area contributed by atoms with Crippen LogP contribution in [0.1, 0.15) is 10.4 Å². The molecule has 9 heteroatoms. The number of aromatic nitrogens is 1. The number of carbonyl (C=O) groups excluding carboxylic acids is 2. The van der Waals surface area contributed by atoms with Crippen molar-refractivity contribution in [2.24, 2.45) is 0 Å². The first-order valence-corrected chi connectivity index (χ1v) is 11.3. The number of benzene rings is 2. The highest BCUT2D eigenvalue weighted by Crippen LogP contribution is 2.30. The van der Waals surface area contributed by atoms with E-state index in [9.17, 15) is 9.59 Å². The molecular weight excluding hydrogens is 456 g/mol. The third-order valence-corrected chi connectivity index (χ3v) is 5.94. The summed E-state index contributed by atoms with van der Waals surface area (Å²) in [7, 11) is 3.06. The third-order valence-electron chi connectivity index (χ3n) is 5.64. The van der Waals surface area contributed by atoms with Gasteiger partial charge < -0.3 is 29.2 Å². The Balaban J connectivity index is 1.40. The molecule has 0 aliphatic carbocycles. The number of hydrogen-bond acceptors (Lipinski definition) is 5. The number of nitrogens with zero attached hydrogens (tertiary/aromatic N) is 3. The predicted molar refractivity (Wildman–Crippen MR) is 132 cm³/mol. The molecule has 0 unspecified atom stereocenters. The van der Waals surface area contributed by atoms with Crippen LogP contribution in [0.4, 0.5) is 11.4 Å². The van der Waals surface area contributed by atoms with Gasteiger partial charge in [0.05, 0.1) is 43.1 Å². The van der Waals surface area contributed by atoms with Crippen molar-refractivity contribution in [2.75, 3.05) is 57.2 Å². The molecule has 178 valence electrons. The summed E-state index contributed by atoms with van der Waals surface area (Å²) in [6.07, 6.45) is 3.71. The van der Waals surface area contributed by atoms with E-state index in [0.29, 0.717) is 35.4 Å². The molecule has 0 atom stereocenters. The lowest BCUT2D eigenvalue weighted by molar-refractivity contribution is -0.116. The minimum absolute atomic E-state index is 0.121. The van der Waals surface area contributed by atoms with Gasteiger partial charge in [-0.25, -0.2) is 0 Å². The fourth-order valence-electron chi connectivity index (χ4n) is 3.84. The first-order valence-electron chi connectivity index (χ1n) is 10.9. The van der Waals surface area contributed by atoms with E-state index in [4.69, 9.17) is 21.1 Å². The summed E-state index contributed by atoms with van der Waals surface area (Å²) in [4.78, 5) is 29.2. The minimum atomic E-state index is -0.365. The van der Waals surface area contributed by atoms with Crippen LogP contribution in [0.15, 0.2) is 60.9 Å². The normalized spacial score (nSPS) is 13.4. The molecule has 1 aliphatic heterocycles. The van der Waals surface area contributed by atoms with Crippen LogP contribution < -0.4 is 15.0 Å². The second-order valence-electron chi connectivity index (χ2n) is 7.95. The fraction of sp³-hybridized carbons (Fsp3) is 0.280. The molecule has 0 saturated carbocycles. The Morgan fingerprint density at radius 2 is 1.79 bits per heavy atom. The molecule has 4 rings (SSSR count). The molecule has 1 fully saturated rings. The summed E-state index contributed by atoms with van der Waals surface area (Å²) in [6, 6.07) is 14.7. The average molecular weight is 483 g/mol. The van der Waals surface area contributed by atoms with Crippen molar-refractivity contribution >= 4 is 34.8 Å². The van der Waals surface area contributed by atoms with E-state index in [2.05, 4.69) is 10.2 Å². The summed E-state index contributed by atoms with van der Waals surface area (Å²) in [6.45, 7) is 3.00. The first kappa shape index (κ1) is 23.7. The van der Waals surface area contributed by atoms with Crippen molar-refractivity contribution in [3.05, 3.63) is 71.5 Å². The van der Waals surface area contributed by atoms with Gasteiger partial charge >= 0.3 is 0 Å². The Morgan fingerprint density at radius 1 is 1.12 bits per heavy atom. The van der Waals surface area contributed by atoms with E-state index in [0.717, 1.165) is 18.8 Å². The van der Waals surface area contributed by atoms with Gasteiger partial charge in [-0.15, -0.1) is 0 Å². The summed E-state index contributed by atoms with van der Waals surface area (Å²) < 4.78 is 12.7. The molecule has 8 nitrogen and oxygen atoms in total. The summed E-state index contributed by atoms with van der Waals surface area (Å²) in [5.74, 6) is -0.288. The van der Waals surface area contributed by atoms with Gasteiger partial charge in [0.15, 0.2) is 0 Å². The second-order valence-corrected chi connectivity index (χ2v) is 8.36. The average Bonchev–Trinajstić information content (AvgIpc) is 3.39. The fourth-order valence-corrected chi connectivity index (χ4v) is 4.10. The molecule has 1 aromatic heterocycles. The number of morpholine rings is 1. The summed E-state index contributed by atoms with van der Waals surface area (Å²) in [5, 5.41) is 3.24. The summed E-state index contributed by atoms with van der Waals surface area (Å²) >= 11 is 6.44. The van der Waals surface area contributed by atoms with Crippen LogP contribution in [0.3, 0.4) is 0 Å². The van der Waals surface area contributed by atoms with Crippen LogP contribution in [-0.2, 0) is 9.53 Å². The van der Waals surface area contributed by atoms with Crippen LogP contribution in [0.5, 0.6) is 5.75 Å². The number of halogens is 1. The van der Waals surface area contributed by atoms with E-state index >= 15 is 0 Å². The van der Waals surface area contributed by atoms with E-state index in [1.807, 2.05) is 53.4 Å². The van der Waals surface area contributed by atoms with E-state index in [1.54, 1.807) is 19.2 Å². The summed E-state index contributed by atoms with van der Waals surface area (Å²) in [5.41, 5.74) is 2.73. The van der Waals surface area contributed by atoms with E-state index < -0.39 is 0 Å². The van der Waals surface area contributed by atoms with Gasteiger partial charge in [-0.05, 0) is 42.5 Å². The maximum atomic E-state index is 13.1. The van der Waals surface area contributed by atoms with E-state index in [1.165, 1.54) is 12.0 Å². The van der Waals surface area contributed by atoms with Crippen molar-refractivity contribution in [3.8, 4) is 11.4 Å². The lowest BCUT2D eigenvalue weighted by Crippen LogP contribution is -2.36. The van der Waals surface area contributed by atoms with Crippen molar-refractivity contribution in [2.45, 2.75) is 0 Å². The number of rotatable bonds is 7. The minimum Gasteiger partial charge on any atom is -0.496 e. The van der Waals surface area contributed by atoms with Gasteiger partial charge in [0.1, 0.15) is 5.75 Å². The largest absolute Gasteiger partial charge is 0.496 e. The number of amides is 2. The third kappa shape index (κ3) is 5.35. The van der Waals surface area contributed by atoms with Gasteiger partial charge in [0.25, 0.3) is 5.91 Å². The number of nitrogens with one attached hydrogen (secondary N) is 1. The van der Waals surface area contributed by atoms with Crippen molar-refractivity contribution in [3.63, 3.8) is 0 Å². The molecule has 0 radical (unpaired) electrons. The molecule has 2 amide bonds. The highest BCUT2D eigenvalue weighted by molar-refractivity contribution is 6.33. The zero-order chi connectivity index (χ0) is 24.1. The highest BCUT2D eigenvalue weighted by atomic mass is 35.5. The van der Waals surface area contributed by atoms with Crippen LogP contribution in [0.25, 0.3) is 5.69 Å². The number of methoxy groups -OCH3 is 1. The Kier molecular flexibility index (Phi) is 7.40. The molecule has 1 N–H and O–H groups in total. The quantitative estimate of drug-likeness (QED) is 0.556. The maximum absolute atomic E-state index is 13.1. The number of anilines is 2. The molecule has 0 spiro atoms. The standard InChI is InChI=1S/C25H27ClN4O4/c1-28(17-24(31)27-18-5-7-19(8-6-18)29-11-13-34-14-12-29)25(32)20-15-21(26)22(16-23(20)33-2)30-9-3-4-10-30/h3-10,15-16H,11-14,17H2,1-2H3,(H,27,31). The predicted octanol–water partition coefficient (Wildman–Crippen LogP) is 3.69. The zero-order valence-corrected chi connectivity index (χ0v) is 19.9. The molecule has 2 aromatic carbocycles. The number of likely N-dealkylation sites (N-methyl/N-ethyl adjacent to an activating group) is 1. The number of carbonyl (C=O) groups is 2. The second kappa shape index (κ2) is 10.6. The van der Waals surface area contributed by atoms with E-state index in [-0.39, 0.29) is 23.9 Å². The van der Waals surface area contributed by atoms with Crippen molar-refractivity contribution in [1.29, 1.82) is 0 Å².